The van der Waals surface area contributed by atoms with Crippen LogP contribution in [0.2, 0.25) is 0 Å². The van der Waals surface area contributed by atoms with Gasteiger partial charge in [0.15, 0.2) is 0 Å². The van der Waals surface area contributed by atoms with E-state index >= 15 is 0 Å². The Hall–Kier alpha value is -0.0900. The quantitative estimate of drug-likeness (QED) is 0.780. The molecule has 1 heterocycles. The monoisotopic (exact) mass is 218 g/mol. The second-order valence-electron chi connectivity index (χ2n) is 4.31. The van der Waals surface area contributed by atoms with E-state index in [-0.39, 0.29) is 0 Å². The number of hydrogen-bond donors (Lipinski definition) is 1. The molecule has 0 saturated carbocycles. The molecule has 1 rings (SSSR count). The molecule has 0 spiro atoms. The lowest BCUT2D eigenvalue weighted by Crippen LogP contribution is -2.38. The molecular formula is C10H22N2OS. The van der Waals surface area contributed by atoms with E-state index in [9.17, 15) is 4.21 Å². The van der Waals surface area contributed by atoms with Gasteiger partial charge >= 0.3 is 0 Å². The Morgan fingerprint density at radius 2 is 2.21 bits per heavy atom. The molecule has 1 fully saturated rings. The second kappa shape index (κ2) is 5.12. The molecule has 0 amide bonds. The van der Waals surface area contributed by atoms with Crippen LogP contribution in [0.15, 0.2) is 4.36 Å². The fourth-order valence-electron chi connectivity index (χ4n) is 1.57. The summed E-state index contributed by atoms with van der Waals surface area (Å²) in [5.74, 6) is 1.27. The largest absolute Gasteiger partial charge is 0.314 e. The van der Waals surface area contributed by atoms with Gasteiger partial charge in [-0.1, -0.05) is 6.92 Å². The highest BCUT2D eigenvalue weighted by molar-refractivity contribution is 7.92. The van der Waals surface area contributed by atoms with Gasteiger partial charge in [0, 0.05) is 27.8 Å². The van der Waals surface area contributed by atoms with Crippen molar-refractivity contribution >= 4 is 9.73 Å². The molecule has 14 heavy (non-hydrogen) atoms. The molecule has 0 radical (unpaired) electrons. The van der Waals surface area contributed by atoms with E-state index < -0.39 is 9.73 Å². The Morgan fingerprint density at radius 1 is 1.50 bits per heavy atom. The van der Waals surface area contributed by atoms with Gasteiger partial charge in [-0.05, 0) is 32.2 Å². The van der Waals surface area contributed by atoms with E-state index in [1.165, 1.54) is 12.8 Å². The molecule has 84 valence electrons. The van der Waals surface area contributed by atoms with Crippen LogP contribution < -0.4 is 5.32 Å². The summed E-state index contributed by atoms with van der Waals surface area (Å²) < 4.78 is 16.0. The molecule has 3 nitrogen and oxygen atoms in total. The third kappa shape index (κ3) is 3.96. The van der Waals surface area contributed by atoms with Crippen molar-refractivity contribution in [1.82, 2.24) is 5.32 Å². The first-order valence-electron chi connectivity index (χ1n) is 5.42. The highest BCUT2D eigenvalue weighted by atomic mass is 32.2. The highest BCUT2D eigenvalue weighted by Gasteiger charge is 2.17. The summed E-state index contributed by atoms with van der Waals surface area (Å²) >= 11 is 0. The van der Waals surface area contributed by atoms with Gasteiger partial charge < -0.3 is 5.32 Å². The molecule has 0 aromatic heterocycles. The standard InChI is InChI=1S/C10H22N2OS/c1-4-14(3,13)12-8-10-6-5-9(2)11-7-10/h9-11H,4-8H2,1-3H3. The zero-order valence-electron chi connectivity index (χ0n) is 9.45. The van der Waals surface area contributed by atoms with Crippen LogP contribution >= 0.6 is 0 Å². The summed E-state index contributed by atoms with van der Waals surface area (Å²) in [6.07, 6.45) is 4.19. The van der Waals surface area contributed by atoms with Crippen LogP contribution in [0.25, 0.3) is 0 Å². The molecular weight excluding hydrogens is 196 g/mol. The average Bonchev–Trinajstić information content (AvgIpc) is 2.17. The van der Waals surface area contributed by atoms with Crippen LogP contribution in [-0.2, 0) is 9.73 Å². The lowest BCUT2D eigenvalue weighted by atomic mass is 9.96. The summed E-state index contributed by atoms with van der Waals surface area (Å²) in [7, 11) is -1.89. The van der Waals surface area contributed by atoms with Gasteiger partial charge in [-0.15, -0.1) is 0 Å². The summed E-state index contributed by atoms with van der Waals surface area (Å²) in [5, 5.41) is 3.43. The minimum absolute atomic E-state index is 0.596. The molecule has 3 unspecified atom stereocenters. The van der Waals surface area contributed by atoms with E-state index in [4.69, 9.17) is 0 Å². The molecule has 0 aliphatic carbocycles. The van der Waals surface area contributed by atoms with Crippen LogP contribution in [0.4, 0.5) is 0 Å². The normalized spacial score (nSPS) is 32.2. The van der Waals surface area contributed by atoms with Gasteiger partial charge in [0.1, 0.15) is 0 Å². The summed E-state index contributed by atoms with van der Waals surface area (Å²) in [4.78, 5) is 0. The molecule has 1 aliphatic heterocycles. The van der Waals surface area contributed by atoms with Gasteiger partial charge in [0.05, 0.1) is 6.54 Å². The van der Waals surface area contributed by atoms with Crippen LogP contribution in [0.3, 0.4) is 0 Å². The maximum absolute atomic E-state index is 11.7. The van der Waals surface area contributed by atoms with Crippen LogP contribution in [0, 0.1) is 5.92 Å². The molecule has 0 aromatic carbocycles. The fourth-order valence-corrected chi connectivity index (χ4v) is 2.28. The average molecular weight is 218 g/mol. The third-order valence-corrected chi connectivity index (χ3v) is 4.67. The first-order chi connectivity index (χ1) is 6.53. The van der Waals surface area contributed by atoms with Gasteiger partial charge in [0.25, 0.3) is 0 Å². The van der Waals surface area contributed by atoms with Crippen molar-refractivity contribution in [2.75, 3.05) is 25.1 Å². The second-order valence-corrected chi connectivity index (χ2v) is 7.07. The first-order valence-corrected chi connectivity index (χ1v) is 7.51. The maximum atomic E-state index is 11.7. The van der Waals surface area contributed by atoms with Crippen LogP contribution in [0.1, 0.15) is 26.7 Å². The Kier molecular flexibility index (Phi) is 4.38. The van der Waals surface area contributed by atoms with Crippen molar-refractivity contribution in [3.63, 3.8) is 0 Å². The Bertz CT molecular complexity index is 274. The van der Waals surface area contributed by atoms with E-state index in [0.717, 1.165) is 13.1 Å². The van der Waals surface area contributed by atoms with Crippen LogP contribution in [0.5, 0.6) is 0 Å². The van der Waals surface area contributed by atoms with E-state index in [1.54, 1.807) is 6.26 Å². The number of nitrogens with zero attached hydrogens (tertiary/aromatic N) is 1. The number of hydrogen-bond acceptors (Lipinski definition) is 3. The van der Waals surface area contributed by atoms with E-state index in [0.29, 0.717) is 17.7 Å². The Balaban J connectivity index is 2.39. The number of rotatable bonds is 3. The molecule has 1 N–H and O–H groups in total. The predicted octanol–water partition coefficient (Wildman–Crippen LogP) is 1.49. The summed E-state index contributed by atoms with van der Waals surface area (Å²) in [6, 6.07) is 0.642. The van der Waals surface area contributed by atoms with Gasteiger partial charge in [-0.2, -0.15) is 0 Å². The Labute approximate surface area is 87.8 Å². The zero-order chi connectivity index (χ0) is 10.6. The predicted molar refractivity (Wildman–Crippen MR) is 62.1 cm³/mol. The maximum Gasteiger partial charge on any atom is 0.0524 e. The molecule has 4 heteroatoms. The SMILES string of the molecule is CCS(C)(=O)=NCC1CCC(C)NC1. The number of nitrogens with one attached hydrogen (secondary N) is 1. The van der Waals surface area contributed by atoms with Crippen LogP contribution in [-0.4, -0.2) is 35.3 Å². The lowest BCUT2D eigenvalue weighted by Gasteiger charge is -2.26. The van der Waals surface area contributed by atoms with Gasteiger partial charge in [-0.25, -0.2) is 4.36 Å². The van der Waals surface area contributed by atoms with E-state index in [1.807, 2.05) is 6.92 Å². The van der Waals surface area contributed by atoms with Crippen molar-refractivity contribution in [3.05, 3.63) is 0 Å². The topological polar surface area (TPSA) is 41.5 Å². The molecule has 1 saturated heterocycles. The zero-order valence-corrected chi connectivity index (χ0v) is 10.3. The molecule has 0 bridgehead atoms. The van der Waals surface area contributed by atoms with E-state index in [2.05, 4.69) is 16.6 Å². The van der Waals surface area contributed by atoms with Crippen molar-refractivity contribution in [3.8, 4) is 0 Å². The smallest absolute Gasteiger partial charge is 0.0524 e. The minimum Gasteiger partial charge on any atom is -0.314 e. The summed E-state index contributed by atoms with van der Waals surface area (Å²) in [6.45, 7) is 5.95. The highest BCUT2D eigenvalue weighted by Crippen LogP contribution is 2.14. The van der Waals surface area contributed by atoms with Crippen molar-refractivity contribution in [2.45, 2.75) is 32.7 Å². The minimum atomic E-state index is -1.89. The lowest BCUT2D eigenvalue weighted by molar-refractivity contribution is 0.330. The summed E-state index contributed by atoms with van der Waals surface area (Å²) in [5.41, 5.74) is 0. The molecule has 0 aromatic rings. The molecule has 1 aliphatic rings. The van der Waals surface area contributed by atoms with Gasteiger partial charge in [0.2, 0.25) is 0 Å². The Morgan fingerprint density at radius 3 is 2.71 bits per heavy atom. The number of piperidine rings is 1. The molecule has 3 atom stereocenters. The fraction of sp³-hybridized carbons (Fsp3) is 1.00. The van der Waals surface area contributed by atoms with Crippen molar-refractivity contribution in [1.29, 1.82) is 0 Å². The third-order valence-electron chi connectivity index (χ3n) is 2.90. The van der Waals surface area contributed by atoms with Crippen molar-refractivity contribution < 1.29 is 4.21 Å². The first kappa shape index (κ1) is 12.0. The van der Waals surface area contributed by atoms with Crippen molar-refractivity contribution in [2.24, 2.45) is 10.3 Å². The van der Waals surface area contributed by atoms with Gasteiger partial charge in [-0.3, -0.25) is 4.21 Å².